The van der Waals surface area contributed by atoms with E-state index in [4.69, 9.17) is 4.42 Å². The fourth-order valence-electron chi connectivity index (χ4n) is 4.98. The second-order valence-electron chi connectivity index (χ2n) is 8.52. The third-order valence-electron chi connectivity index (χ3n) is 6.52. The number of hydrogen-bond acceptors (Lipinski definition) is 2. The van der Waals surface area contributed by atoms with E-state index in [1.807, 2.05) is 24.5 Å². The summed E-state index contributed by atoms with van der Waals surface area (Å²) in [4.78, 5) is 4.38. The molecule has 3 heteroatoms. The van der Waals surface area contributed by atoms with Crippen LogP contribution in [0.5, 0.6) is 0 Å². The number of furan rings is 1. The maximum atomic E-state index is 5.98. The van der Waals surface area contributed by atoms with Crippen LogP contribution in [0.3, 0.4) is 0 Å². The molecule has 0 atom stereocenters. The van der Waals surface area contributed by atoms with E-state index in [1.165, 1.54) is 38.2 Å². The maximum Gasteiger partial charge on any atom is 0.135 e. The normalized spacial score (nSPS) is 11.8. The van der Waals surface area contributed by atoms with Crippen molar-refractivity contribution < 1.29 is 4.42 Å². The molecule has 0 aliphatic rings. The molecule has 0 saturated heterocycles. The first-order valence-corrected chi connectivity index (χ1v) is 11.2. The number of aromatic nitrogens is 2. The zero-order chi connectivity index (χ0) is 21.8. The van der Waals surface area contributed by atoms with Gasteiger partial charge < -0.3 is 8.98 Å². The van der Waals surface area contributed by atoms with Crippen molar-refractivity contribution in [2.24, 2.45) is 0 Å². The number of pyridine rings is 1. The number of para-hydroxylation sites is 2. The first kappa shape index (κ1) is 18.2. The smallest absolute Gasteiger partial charge is 0.135 e. The Bertz CT molecular complexity index is 1730. The molecule has 0 aliphatic carbocycles. The van der Waals surface area contributed by atoms with Crippen molar-refractivity contribution in [2.75, 3.05) is 0 Å². The van der Waals surface area contributed by atoms with Crippen LogP contribution in [0.4, 0.5) is 0 Å². The molecule has 0 saturated carbocycles. The largest absolute Gasteiger partial charge is 0.456 e. The zero-order valence-corrected chi connectivity index (χ0v) is 17.9. The Hall–Kier alpha value is -4.37. The average Bonchev–Trinajstić information content (AvgIpc) is 3.40. The van der Waals surface area contributed by atoms with Crippen LogP contribution in [0.1, 0.15) is 11.1 Å². The summed E-state index contributed by atoms with van der Waals surface area (Å²) < 4.78 is 8.27. The lowest BCUT2D eigenvalue weighted by molar-refractivity contribution is 0.669. The van der Waals surface area contributed by atoms with E-state index in [-0.39, 0.29) is 0 Å². The summed E-state index contributed by atoms with van der Waals surface area (Å²) in [5.74, 6) is 0. The van der Waals surface area contributed by atoms with Crippen molar-refractivity contribution in [3.8, 4) is 5.69 Å². The SMILES string of the molecule is c1ccc2c(c1)oc1ccc(Cc3ccc(-n4c5ccccc5c5ccncc54)cc3)cc12. The Kier molecular flexibility index (Phi) is 3.91. The van der Waals surface area contributed by atoms with Crippen molar-refractivity contribution in [2.45, 2.75) is 6.42 Å². The van der Waals surface area contributed by atoms with Crippen LogP contribution >= 0.6 is 0 Å². The highest BCUT2D eigenvalue weighted by molar-refractivity contribution is 6.09. The molecule has 7 aromatic rings. The summed E-state index contributed by atoms with van der Waals surface area (Å²) in [6.45, 7) is 0. The third kappa shape index (κ3) is 2.86. The lowest BCUT2D eigenvalue weighted by Gasteiger charge is -2.09. The van der Waals surface area contributed by atoms with Crippen LogP contribution in [0.25, 0.3) is 49.4 Å². The second kappa shape index (κ2) is 7.07. The van der Waals surface area contributed by atoms with Crippen LogP contribution in [0, 0.1) is 0 Å². The lowest BCUT2D eigenvalue weighted by atomic mass is 10.0. The summed E-state index contributed by atoms with van der Waals surface area (Å²) in [5.41, 5.74) is 7.92. The maximum absolute atomic E-state index is 5.98. The van der Waals surface area contributed by atoms with Gasteiger partial charge in [0.05, 0.1) is 17.2 Å². The van der Waals surface area contributed by atoms with E-state index in [0.717, 1.165) is 28.8 Å². The summed E-state index contributed by atoms with van der Waals surface area (Å²) in [5, 5.41) is 4.83. The number of nitrogens with zero attached hydrogens (tertiary/aromatic N) is 2. The number of benzene rings is 4. The highest BCUT2D eigenvalue weighted by Gasteiger charge is 2.12. The minimum Gasteiger partial charge on any atom is -0.456 e. The van der Waals surface area contributed by atoms with Gasteiger partial charge in [0.15, 0.2) is 0 Å². The van der Waals surface area contributed by atoms with Crippen molar-refractivity contribution in [3.63, 3.8) is 0 Å². The second-order valence-corrected chi connectivity index (χ2v) is 8.52. The Balaban J connectivity index is 1.27. The summed E-state index contributed by atoms with van der Waals surface area (Å²) in [6.07, 6.45) is 4.69. The Morgan fingerprint density at radius 2 is 1.33 bits per heavy atom. The lowest BCUT2D eigenvalue weighted by Crippen LogP contribution is -1.95. The molecule has 156 valence electrons. The standard InChI is InChI=1S/C30H20N2O/c1-3-7-27-23(5-1)24-15-16-31-19-28(24)32(27)22-12-9-20(10-13-22)17-21-11-14-30-26(18-21)25-6-2-4-8-29(25)33-30/h1-16,18-19H,17H2. The van der Waals surface area contributed by atoms with Crippen molar-refractivity contribution in [1.29, 1.82) is 0 Å². The van der Waals surface area contributed by atoms with Gasteiger partial charge in [0.25, 0.3) is 0 Å². The summed E-state index contributed by atoms with van der Waals surface area (Å²) in [7, 11) is 0. The molecule has 3 aromatic heterocycles. The van der Waals surface area contributed by atoms with Gasteiger partial charge in [-0.15, -0.1) is 0 Å². The molecule has 7 rings (SSSR count). The van der Waals surface area contributed by atoms with Gasteiger partial charge in [0, 0.05) is 33.4 Å². The van der Waals surface area contributed by atoms with E-state index < -0.39 is 0 Å². The third-order valence-corrected chi connectivity index (χ3v) is 6.52. The van der Waals surface area contributed by atoms with Crippen LogP contribution in [-0.2, 0) is 6.42 Å². The first-order chi connectivity index (χ1) is 16.3. The summed E-state index contributed by atoms with van der Waals surface area (Å²) in [6, 6.07) is 34.2. The van der Waals surface area contributed by atoms with E-state index in [2.05, 4.69) is 94.5 Å². The molecule has 0 fully saturated rings. The Morgan fingerprint density at radius 3 is 2.24 bits per heavy atom. The molecule has 0 spiro atoms. The molecular weight excluding hydrogens is 404 g/mol. The average molecular weight is 425 g/mol. The van der Waals surface area contributed by atoms with Crippen molar-refractivity contribution in [1.82, 2.24) is 9.55 Å². The van der Waals surface area contributed by atoms with Gasteiger partial charge in [-0.1, -0.05) is 54.6 Å². The monoisotopic (exact) mass is 424 g/mol. The van der Waals surface area contributed by atoms with Crippen molar-refractivity contribution >= 4 is 43.7 Å². The highest BCUT2D eigenvalue weighted by Crippen LogP contribution is 2.32. The van der Waals surface area contributed by atoms with Crippen LogP contribution in [-0.4, -0.2) is 9.55 Å². The fourth-order valence-corrected chi connectivity index (χ4v) is 4.98. The molecular formula is C30H20N2O. The quantitative estimate of drug-likeness (QED) is 0.291. The molecule has 33 heavy (non-hydrogen) atoms. The van der Waals surface area contributed by atoms with E-state index in [1.54, 1.807) is 0 Å². The van der Waals surface area contributed by atoms with Gasteiger partial charge in [0.1, 0.15) is 11.2 Å². The Morgan fingerprint density at radius 1 is 0.606 bits per heavy atom. The molecule has 0 amide bonds. The van der Waals surface area contributed by atoms with Gasteiger partial charge >= 0.3 is 0 Å². The molecule has 3 heterocycles. The van der Waals surface area contributed by atoms with Crippen molar-refractivity contribution in [3.05, 3.63) is 121 Å². The molecule has 3 nitrogen and oxygen atoms in total. The number of fused-ring (bicyclic) bond motifs is 6. The van der Waals surface area contributed by atoms with E-state index >= 15 is 0 Å². The van der Waals surface area contributed by atoms with Crippen LogP contribution < -0.4 is 0 Å². The van der Waals surface area contributed by atoms with Gasteiger partial charge in [-0.25, -0.2) is 0 Å². The predicted octanol–water partition coefficient (Wildman–Crippen LogP) is 7.67. The number of hydrogen-bond donors (Lipinski definition) is 0. The van der Waals surface area contributed by atoms with Gasteiger partial charge in [-0.2, -0.15) is 0 Å². The summed E-state index contributed by atoms with van der Waals surface area (Å²) >= 11 is 0. The van der Waals surface area contributed by atoms with E-state index in [9.17, 15) is 0 Å². The zero-order valence-electron chi connectivity index (χ0n) is 17.9. The van der Waals surface area contributed by atoms with E-state index in [0.29, 0.717) is 0 Å². The predicted molar refractivity (Wildman–Crippen MR) is 135 cm³/mol. The molecule has 0 radical (unpaired) electrons. The fraction of sp³-hybridized carbons (Fsp3) is 0.0333. The van der Waals surface area contributed by atoms with Gasteiger partial charge in [-0.3, -0.25) is 4.98 Å². The van der Waals surface area contributed by atoms with Gasteiger partial charge in [-0.05, 0) is 60.0 Å². The molecule has 0 unspecified atom stereocenters. The minimum atomic E-state index is 0.879. The molecule has 0 aliphatic heterocycles. The minimum absolute atomic E-state index is 0.879. The number of rotatable bonds is 3. The van der Waals surface area contributed by atoms with Crippen LogP contribution in [0.2, 0.25) is 0 Å². The Labute approximate surface area is 190 Å². The molecule has 0 N–H and O–H groups in total. The van der Waals surface area contributed by atoms with Crippen LogP contribution in [0.15, 0.2) is 114 Å². The highest BCUT2D eigenvalue weighted by atomic mass is 16.3. The molecule has 4 aromatic carbocycles. The van der Waals surface area contributed by atoms with Gasteiger partial charge in [0.2, 0.25) is 0 Å². The molecule has 0 bridgehead atoms. The first-order valence-electron chi connectivity index (χ1n) is 11.2. The topological polar surface area (TPSA) is 31.0 Å².